The molecule has 0 aliphatic rings. The van der Waals surface area contributed by atoms with Crippen LogP contribution in [0.3, 0.4) is 0 Å². The molecule has 0 aliphatic carbocycles. The lowest BCUT2D eigenvalue weighted by Gasteiger charge is -2.07. The van der Waals surface area contributed by atoms with Crippen LogP contribution in [0.5, 0.6) is 0 Å². The maximum atomic E-state index is 11.8. The van der Waals surface area contributed by atoms with Crippen LogP contribution in [0.4, 0.5) is 5.69 Å². The van der Waals surface area contributed by atoms with Gasteiger partial charge >= 0.3 is 11.8 Å². The number of carbonyl (C=O) groups excluding carboxylic acids is 2. The molecule has 118 valence electrons. The minimum absolute atomic E-state index is 0.461. The summed E-state index contributed by atoms with van der Waals surface area (Å²) in [5.74, 6) is -1.74. The van der Waals surface area contributed by atoms with Crippen molar-refractivity contribution in [2.24, 2.45) is 5.10 Å². The van der Waals surface area contributed by atoms with Crippen LogP contribution >= 0.6 is 23.2 Å². The van der Waals surface area contributed by atoms with Gasteiger partial charge in [-0.1, -0.05) is 47.5 Å². The van der Waals surface area contributed by atoms with Crippen molar-refractivity contribution in [3.05, 3.63) is 63.6 Å². The van der Waals surface area contributed by atoms with Gasteiger partial charge in [-0.3, -0.25) is 9.59 Å². The fraction of sp³-hybridized carbons (Fsp3) is 0.0625. The van der Waals surface area contributed by atoms with Gasteiger partial charge in [0.1, 0.15) is 0 Å². The summed E-state index contributed by atoms with van der Waals surface area (Å²) in [6, 6.07) is 12.0. The largest absolute Gasteiger partial charge is 0.329 e. The molecule has 0 atom stereocenters. The summed E-state index contributed by atoms with van der Waals surface area (Å²) in [6.07, 6.45) is 1.36. The van der Waals surface area contributed by atoms with Crippen LogP contribution in [0.1, 0.15) is 11.1 Å². The summed E-state index contributed by atoms with van der Waals surface area (Å²) >= 11 is 11.8. The molecule has 0 heterocycles. The molecule has 0 saturated heterocycles. The number of halogens is 2. The van der Waals surface area contributed by atoms with Gasteiger partial charge < -0.3 is 5.32 Å². The molecule has 0 unspecified atom stereocenters. The molecule has 2 rings (SSSR count). The zero-order valence-electron chi connectivity index (χ0n) is 12.1. The van der Waals surface area contributed by atoms with Crippen LogP contribution < -0.4 is 10.7 Å². The number of rotatable bonds is 3. The second kappa shape index (κ2) is 7.76. The number of hydrogen-bond acceptors (Lipinski definition) is 3. The number of carbonyl (C=O) groups is 2. The van der Waals surface area contributed by atoms with Gasteiger partial charge in [0, 0.05) is 21.3 Å². The molecule has 2 aromatic carbocycles. The molecule has 0 fully saturated rings. The lowest BCUT2D eigenvalue weighted by molar-refractivity contribution is -0.136. The molecule has 7 heteroatoms. The third-order valence-corrected chi connectivity index (χ3v) is 3.51. The summed E-state index contributed by atoms with van der Waals surface area (Å²) in [4.78, 5) is 23.5. The molecule has 0 aliphatic heterocycles. The molecular weight excluding hydrogens is 337 g/mol. The summed E-state index contributed by atoms with van der Waals surface area (Å²) in [5.41, 5.74) is 4.02. The van der Waals surface area contributed by atoms with Crippen molar-refractivity contribution in [3.63, 3.8) is 0 Å². The first kappa shape index (κ1) is 17.0. The van der Waals surface area contributed by atoms with E-state index in [1.54, 1.807) is 49.4 Å². The zero-order chi connectivity index (χ0) is 16.8. The number of hydrazone groups is 1. The van der Waals surface area contributed by atoms with Gasteiger partial charge in [0.15, 0.2) is 0 Å². The Hall–Kier alpha value is -2.37. The smallest absolute Gasteiger partial charge is 0.317 e. The summed E-state index contributed by atoms with van der Waals surface area (Å²) in [7, 11) is 0. The Bertz CT molecular complexity index is 776. The maximum absolute atomic E-state index is 11.8. The van der Waals surface area contributed by atoms with E-state index in [0.717, 1.165) is 5.56 Å². The number of nitrogens with zero attached hydrogens (tertiary/aromatic N) is 1. The fourth-order valence-electron chi connectivity index (χ4n) is 1.70. The van der Waals surface area contributed by atoms with Crippen LogP contribution in [0, 0.1) is 6.92 Å². The highest BCUT2D eigenvalue weighted by Gasteiger charge is 2.14. The second-order valence-corrected chi connectivity index (χ2v) is 5.48. The Morgan fingerprint density at radius 3 is 2.57 bits per heavy atom. The maximum Gasteiger partial charge on any atom is 0.329 e. The molecule has 2 amide bonds. The molecule has 2 aromatic rings. The average molecular weight is 350 g/mol. The predicted octanol–water partition coefficient (Wildman–Crippen LogP) is 3.39. The molecule has 5 nitrogen and oxygen atoms in total. The average Bonchev–Trinajstić information content (AvgIpc) is 2.52. The molecular formula is C16H13Cl2N3O2. The second-order valence-electron chi connectivity index (χ2n) is 4.63. The van der Waals surface area contributed by atoms with E-state index in [0.29, 0.717) is 21.3 Å². The Kier molecular flexibility index (Phi) is 5.73. The van der Waals surface area contributed by atoms with Crippen molar-refractivity contribution in [1.29, 1.82) is 0 Å². The molecule has 0 radical (unpaired) electrons. The molecule has 0 aromatic heterocycles. The van der Waals surface area contributed by atoms with Crippen LogP contribution in [0.15, 0.2) is 47.6 Å². The van der Waals surface area contributed by atoms with Gasteiger partial charge in [-0.25, -0.2) is 5.43 Å². The van der Waals surface area contributed by atoms with Gasteiger partial charge in [-0.15, -0.1) is 0 Å². The molecule has 2 N–H and O–H groups in total. The predicted molar refractivity (Wildman–Crippen MR) is 92.0 cm³/mol. The lowest BCUT2D eigenvalue weighted by Crippen LogP contribution is -2.32. The van der Waals surface area contributed by atoms with E-state index in [-0.39, 0.29) is 0 Å². The van der Waals surface area contributed by atoms with Gasteiger partial charge in [-0.2, -0.15) is 5.10 Å². The fourth-order valence-corrected chi connectivity index (χ4v) is 2.06. The Morgan fingerprint density at radius 1 is 1.09 bits per heavy atom. The van der Waals surface area contributed by atoms with E-state index in [2.05, 4.69) is 15.8 Å². The highest BCUT2D eigenvalue weighted by molar-refractivity contribution is 6.40. The number of hydrogen-bond donors (Lipinski definition) is 2. The Balaban J connectivity index is 1.97. The lowest BCUT2D eigenvalue weighted by atomic mass is 10.2. The van der Waals surface area contributed by atoms with Gasteiger partial charge in [-0.05, 0) is 30.7 Å². The number of anilines is 1. The first-order chi connectivity index (χ1) is 11.0. The van der Waals surface area contributed by atoms with Crippen molar-refractivity contribution in [2.75, 3.05) is 5.32 Å². The minimum atomic E-state index is -0.896. The van der Waals surface area contributed by atoms with Crippen LogP contribution in [0.2, 0.25) is 10.0 Å². The monoisotopic (exact) mass is 349 g/mol. The summed E-state index contributed by atoms with van der Waals surface area (Å²) in [5, 5.41) is 7.14. The molecule has 0 spiro atoms. The van der Waals surface area contributed by atoms with Crippen molar-refractivity contribution in [1.82, 2.24) is 5.43 Å². The van der Waals surface area contributed by atoms with E-state index in [1.807, 2.05) is 0 Å². The molecule has 0 saturated carbocycles. The molecule has 23 heavy (non-hydrogen) atoms. The van der Waals surface area contributed by atoms with Gasteiger partial charge in [0.05, 0.1) is 6.21 Å². The third kappa shape index (κ3) is 4.81. The standard InChI is InChI=1S/C16H13Cl2N3O2/c1-10-6-7-12(17)8-14(10)20-15(22)16(23)21-19-9-11-4-2-3-5-13(11)18/h2-9H,1H3,(H,20,22)(H,21,23)/b19-9+. The quantitative estimate of drug-likeness (QED) is 0.506. The van der Waals surface area contributed by atoms with E-state index in [4.69, 9.17) is 23.2 Å². The Morgan fingerprint density at radius 2 is 1.83 bits per heavy atom. The summed E-state index contributed by atoms with van der Waals surface area (Å²) in [6.45, 7) is 1.79. The van der Waals surface area contributed by atoms with Crippen molar-refractivity contribution in [2.45, 2.75) is 6.92 Å². The first-order valence-corrected chi connectivity index (χ1v) is 7.38. The number of benzene rings is 2. The van der Waals surface area contributed by atoms with Crippen molar-refractivity contribution in [3.8, 4) is 0 Å². The topological polar surface area (TPSA) is 70.6 Å². The van der Waals surface area contributed by atoms with Gasteiger partial charge in [0.25, 0.3) is 0 Å². The van der Waals surface area contributed by atoms with E-state index >= 15 is 0 Å². The zero-order valence-corrected chi connectivity index (χ0v) is 13.7. The van der Waals surface area contributed by atoms with E-state index in [9.17, 15) is 9.59 Å². The minimum Gasteiger partial charge on any atom is -0.317 e. The number of aryl methyl sites for hydroxylation is 1. The van der Waals surface area contributed by atoms with E-state index in [1.165, 1.54) is 6.21 Å². The van der Waals surface area contributed by atoms with Crippen molar-refractivity contribution < 1.29 is 9.59 Å². The van der Waals surface area contributed by atoms with E-state index < -0.39 is 11.8 Å². The normalized spacial score (nSPS) is 10.6. The summed E-state index contributed by atoms with van der Waals surface area (Å²) < 4.78 is 0. The molecule has 0 bridgehead atoms. The SMILES string of the molecule is Cc1ccc(Cl)cc1NC(=O)C(=O)N/N=C/c1ccccc1Cl. The van der Waals surface area contributed by atoms with Gasteiger partial charge in [0.2, 0.25) is 0 Å². The third-order valence-electron chi connectivity index (χ3n) is 2.93. The highest BCUT2D eigenvalue weighted by atomic mass is 35.5. The first-order valence-electron chi connectivity index (χ1n) is 6.62. The highest BCUT2D eigenvalue weighted by Crippen LogP contribution is 2.20. The Labute approximate surface area is 143 Å². The number of nitrogens with one attached hydrogen (secondary N) is 2. The van der Waals surface area contributed by atoms with Crippen LogP contribution in [0.25, 0.3) is 0 Å². The van der Waals surface area contributed by atoms with Crippen molar-refractivity contribution >= 4 is 46.9 Å². The van der Waals surface area contributed by atoms with Crippen LogP contribution in [-0.4, -0.2) is 18.0 Å². The number of amides is 2. The van der Waals surface area contributed by atoms with Crippen LogP contribution in [-0.2, 0) is 9.59 Å².